The van der Waals surface area contributed by atoms with Crippen molar-refractivity contribution < 1.29 is 14.6 Å². The summed E-state index contributed by atoms with van der Waals surface area (Å²) in [4.78, 5) is 18.5. The Hall–Kier alpha value is -1.49. The number of aromatic nitrogens is 2. The topological polar surface area (TPSA) is 72.3 Å². The summed E-state index contributed by atoms with van der Waals surface area (Å²) in [5, 5.41) is 8.92. The van der Waals surface area contributed by atoms with Crippen molar-refractivity contribution in [2.75, 3.05) is 6.61 Å². The van der Waals surface area contributed by atoms with Gasteiger partial charge in [-0.05, 0) is 11.8 Å². The molecule has 0 aliphatic heterocycles. The molecule has 0 unspecified atom stereocenters. The monoisotopic (exact) mass is 238 g/mol. The second-order valence-electron chi connectivity index (χ2n) is 5.05. The number of rotatable bonds is 5. The third kappa shape index (κ3) is 4.91. The van der Waals surface area contributed by atoms with Gasteiger partial charge in [0.2, 0.25) is 0 Å². The molecule has 0 aromatic carbocycles. The number of aromatic carboxylic acids is 1. The first-order valence-corrected chi connectivity index (χ1v) is 5.50. The number of carboxylic acid groups (broad SMARTS) is 1. The lowest BCUT2D eigenvalue weighted by atomic mass is 9.93. The van der Waals surface area contributed by atoms with Crippen LogP contribution in [0.25, 0.3) is 0 Å². The van der Waals surface area contributed by atoms with Crippen molar-refractivity contribution in [3.8, 4) is 0 Å². The summed E-state index contributed by atoms with van der Waals surface area (Å²) in [5.74, 6) is -1.03. The molecule has 5 nitrogen and oxygen atoms in total. The number of hydrogen-bond donors (Lipinski definition) is 1. The lowest BCUT2D eigenvalue weighted by Gasteiger charge is -2.17. The molecule has 0 saturated heterocycles. The van der Waals surface area contributed by atoms with Crippen LogP contribution in [0.15, 0.2) is 12.5 Å². The number of ether oxygens (including phenoxy) is 1. The maximum absolute atomic E-state index is 10.9. The minimum atomic E-state index is -1.03. The Morgan fingerprint density at radius 2 is 2.18 bits per heavy atom. The molecule has 1 aromatic heterocycles. The van der Waals surface area contributed by atoms with Gasteiger partial charge in [-0.3, -0.25) is 0 Å². The van der Waals surface area contributed by atoms with E-state index in [0.29, 0.717) is 12.3 Å². The molecule has 0 bridgehead atoms. The largest absolute Gasteiger partial charge is 0.478 e. The van der Waals surface area contributed by atoms with E-state index in [-0.39, 0.29) is 17.6 Å². The molecular formula is C12H18N2O3. The lowest BCUT2D eigenvalue weighted by molar-refractivity contribution is 0.0676. The molecule has 0 amide bonds. The van der Waals surface area contributed by atoms with Crippen molar-refractivity contribution in [3.63, 3.8) is 0 Å². The average molecular weight is 238 g/mol. The number of carbonyl (C=O) groups is 1. The smallest absolute Gasteiger partial charge is 0.339 e. The maximum Gasteiger partial charge on any atom is 0.339 e. The Kier molecular flexibility index (Phi) is 4.57. The van der Waals surface area contributed by atoms with Crippen LogP contribution in [0.5, 0.6) is 0 Å². The van der Waals surface area contributed by atoms with Crippen molar-refractivity contribution in [1.29, 1.82) is 0 Å². The molecule has 0 aliphatic rings. The van der Waals surface area contributed by atoms with E-state index in [1.165, 1.54) is 12.5 Å². The van der Waals surface area contributed by atoms with Crippen LogP contribution in [-0.4, -0.2) is 27.7 Å². The fourth-order valence-corrected chi connectivity index (χ4v) is 1.20. The third-order valence-electron chi connectivity index (χ3n) is 2.26. The average Bonchev–Trinajstić information content (AvgIpc) is 2.23. The van der Waals surface area contributed by atoms with Crippen LogP contribution >= 0.6 is 0 Å². The van der Waals surface area contributed by atoms with E-state index in [1.807, 2.05) is 0 Å². The zero-order valence-electron chi connectivity index (χ0n) is 10.4. The van der Waals surface area contributed by atoms with Crippen LogP contribution in [0.2, 0.25) is 0 Å². The fraction of sp³-hybridized carbons (Fsp3) is 0.583. The first-order chi connectivity index (χ1) is 7.90. The summed E-state index contributed by atoms with van der Waals surface area (Å²) in [6.45, 7) is 7.18. The zero-order chi connectivity index (χ0) is 12.9. The highest BCUT2D eigenvalue weighted by Crippen LogP contribution is 2.18. The molecule has 0 spiro atoms. The molecule has 0 saturated carbocycles. The summed E-state index contributed by atoms with van der Waals surface area (Å²) in [6.07, 6.45) is 3.53. The van der Waals surface area contributed by atoms with Gasteiger partial charge in [-0.2, -0.15) is 0 Å². The predicted octanol–water partition coefficient (Wildman–Crippen LogP) is 2.13. The van der Waals surface area contributed by atoms with Crippen molar-refractivity contribution in [1.82, 2.24) is 9.97 Å². The van der Waals surface area contributed by atoms with Crippen LogP contribution < -0.4 is 0 Å². The SMILES string of the molecule is CC(C)(C)CCOCc1ncncc1C(=O)O. The summed E-state index contributed by atoms with van der Waals surface area (Å²) >= 11 is 0. The summed E-state index contributed by atoms with van der Waals surface area (Å²) in [7, 11) is 0. The first kappa shape index (κ1) is 13.6. The Morgan fingerprint density at radius 3 is 2.76 bits per heavy atom. The standard InChI is InChI=1S/C12H18N2O3/c1-12(2,3)4-5-17-7-10-9(11(15)16)6-13-8-14-10/h6,8H,4-5,7H2,1-3H3,(H,15,16). The summed E-state index contributed by atoms with van der Waals surface area (Å²) < 4.78 is 5.43. The molecule has 0 aliphatic carbocycles. The van der Waals surface area contributed by atoms with Crippen molar-refractivity contribution >= 4 is 5.97 Å². The molecule has 94 valence electrons. The number of hydrogen-bond acceptors (Lipinski definition) is 4. The fourth-order valence-electron chi connectivity index (χ4n) is 1.20. The van der Waals surface area contributed by atoms with Crippen molar-refractivity contribution in [3.05, 3.63) is 23.8 Å². The van der Waals surface area contributed by atoms with Gasteiger partial charge in [-0.1, -0.05) is 20.8 Å². The van der Waals surface area contributed by atoms with Gasteiger partial charge in [0.05, 0.1) is 12.3 Å². The van der Waals surface area contributed by atoms with Crippen molar-refractivity contribution in [2.24, 2.45) is 5.41 Å². The molecule has 5 heteroatoms. The normalized spacial score (nSPS) is 11.5. The van der Waals surface area contributed by atoms with E-state index < -0.39 is 5.97 Å². The maximum atomic E-state index is 10.9. The number of nitrogens with zero attached hydrogens (tertiary/aromatic N) is 2. The minimum Gasteiger partial charge on any atom is -0.478 e. The highest BCUT2D eigenvalue weighted by atomic mass is 16.5. The lowest BCUT2D eigenvalue weighted by Crippen LogP contribution is -2.11. The predicted molar refractivity (Wildman–Crippen MR) is 62.7 cm³/mol. The molecule has 1 aromatic rings. The Labute approximate surface area is 101 Å². The Morgan fingerprint density at radius 1 is 1.47 bits per heavy atom. The third-order valence-corrected chi connectivity index (χ3v) is 2.26. The van der Waals surface area contributed by atoms with Gasteiger partial charge in [0.1, 0.15) is 11.9 Å². The van der Waals surface area contributed by atoms with E-state index in [1.54, 1.807) is 0 Å². The molecule has 1 rings (SSSR count). The molecule has 0 radical (unpaired) electrons. The van der Waals surface area contributed by atoms with Crippen molar-refractivity contribution in [2.45, 2.75) is 33.8 Å². The van der Waals surface area contributed by atoms with Gasteiger partial charge in [-0.25, -0.2) is 14.8 Å². The Bertz CT molecular complexity index is 386. The highest BCUT2D eigenvalue weighted by molar-refractivity contribution is 5.88. The van der Waals surface area contributed by atoms with Gasteiger partial charge in [0, 0.05) is 12.8 Å². The molecule has 1 N–H and O–H groups in total. The van der Waals surface area contributed by atoms with E-state index >= 15 is 0 Å². The van der Waals surface area contributed by atoms with Gasteiger partial charge in [-0.15, -0.1) is 0 Å². The van der Waals surface area contributed by atoms with Crippen LogP contribution in [0, 0.1) is 5.41 Å². The van der Waals surface area contributed by atoms with E-state index in [4.69, 9.17) is 9.84 Å². The van der Waals surface area contributed by atoms with E-state index in [9.17, 15) is 4.79 Å². The first-order valence-electron chi connectivity index (χ1n) is 5.50. The Balaban J connectivity index is 2.49. The molecule has 1 heterocycles. The van der Waals surface area contributed by atoms with Crippen LogP contribution in [-0.2, 0) is 11.3 Å². The number of carboxylic acids is 1. The van der Waals surface area contributed by atoms with Gasteiger partial charge in [0.15, 0.2) is 0 Å². The van der Waals surface area contributed by atoms with Gasteiger partial charge in [0.25, 0.3) is 0 Å². The van der Waals surface area contributed by atoms with Gasteiger partial charge < -0.3 is 9.84 Å². The van der Waals surface area contributed by atoms with Gasteiger partial charge >= 0.3 is 5.97 Å². The summed E-state index contributed by atoms with van der Waals surface area (Å²) in [6, 6.07) is 0. The van der Waals surface area contributed by atoms with Crippen LogP contribution in [0.4, 0.5) is 0 Å². The molecule has 0 atom stereocenters. The quantitative estimate of drug-likeness (QED) is 0.795. The minimum absolute atomic E-state index is 0.100. The molecular weight excluding hydrogens is 220 g/mol. The molecule has 0 fully saturated rings. The van der Waals surface area contributed by atoms with Crippen LogP contribution in [0.3, 0.4) is 0 Å². The zero-order valence-corrected chi connectivity index (χ0v) is 10.4. The van der Waals surface area contributed by atoms with Crippen LogP contribution in [0.1, 0.15) is 43.2 Å². The van der Waals surface area contributed by atoms with E-state index in [2.05, 4.69) is 30.7 Å². The second kappa shape index (κ2) is 5.72. The highest BCUT2D eigenvalue weighted by Gasteiger charge is 2.13. The second-order valence-corrected chi connectivity index (χ2v) is 5.05. The van der Waals surface area contributed by atoms with E-state index in [0.717, 1.165) is 6.42 Å². The molecule has 17 heavy (non-hydrogen) atoms. The summed E-state index contributed by atoms with van der Waals surface area (Å²) in [5.41, 5.74) is 0.728.